The van der Waals surface area contributed by atoms with Gasteiger partial charge in [0, 0.05) is 39.1 Å². The molecule has 2 atom stereocenters. The molecule has 0 N–H and O–H groups in total. The van der Waals surface area contributed by atoms with E-state index in [0.717, 1.165) is 29.8 Å². The van der Waals surface area contributed by atoms with E-state index in [2.05, 4.69) is 4.98 Å². The Morgan fingerprint density at radius 2 is 2.24 bits per heavy atom. The molecule has 1 fully saturated rings. The summed E-state index contributed by atoms with van der Waals surface area (Å²) in [5, 5.41) is 0. The van der Waals surface area contributed by atoms with E-state index in [1.807, 2.05) is 22.7 Å². The van der Waals surface area contributed by atoms with Crippen LogP contribution in [0.4, 0.5) is 4.39 Å². The van der Waals surface area contributed by atoms with Gasteiger partial charge in [-0.05, 0) is 42.5 Å². The van der Waals surface area contributed by atoms with Crippen LogP contribution in [0.25, 0.3) is 0 Å². The number of nitrogens with zero attached hydrogens (tertiary/aromatic N) is 3. The van der Waals surface area contributed by atoms with Crippen LogP contribution in [0.1, 0.15) is 35.9 Å². The highest BCUT2D eigenvalue weighted by Gasteiger charge is 2.38. The molecular weight excluding hydrogens is 321 g/mol. The largest absolute Gasteiger partial charge is 0.369 e. The predicted molar refractivity (Wildman–Crippen MR) is 90.1 cm³/mol. The summed E-state index contributed by atoms with van der Waals surface area (Å²) in [4.78, 5) is 19.5. The number of carbonyl (C=O) groups is 1. The highest BCUT2D eigenvalue weighted by Crippen LogP contribution is 2.35. The Labute approximate surface area is 146 Å². The van der Waals surface area contributed by atoms with Gasteiger partial charge in [0.25, 0.3) is 0 Å². The maximum Gasteiger partial charge on any atom is 0.229 e. The Bertz CT molecular complexity index is 789. The van der Waals surface area contributed by atoms with Crippen molar-refractivity contribution < 1.29 is 13.9 Å². The van der Waals surface area contributed by atoms with Crippen molar-refractivity contribution in [3.8, 4) is 0 Å². The summed E-state index contributed by atoms with van der Waals surface area (Å²) in [5.74, 6) is 0.492. The molecule has 2 aromatic rings. The highest BCUT2D eigenvalue weighted by molar-refractivity contribution is 5.80. The van der Waals surface area contributed by atoms with Crippen molar-refractivity contribution in [3.63, 3.8) is 0 Å². The van der Waals surface area contributed by atoms with Crippen LogP contribution in [0.2, 0.25) is 0 Å². The minimum absolute atomic E-state index is 0.114. The first kappa shape index (κ1) is 16.3. The number of benzene rings is 1. The average Bonchev–Trinajstić information content (AvgIpc) is 3.06. The number of carbonyl (C=O) groups excluding carboxylic acids is 1. The van der Waals surface area contributed by atoms with Gasteiger partial charge in [-0.2, -0.15) is 0 Å². The van der Waals surface area contributed by atoms with Gasteiger partial charge in [0.15, 0.2) is 0 Å². The van der Waals surface area contributed by atoms with E-state index >= 15 is 0 Å². The molecule has 1 amide bonds. The Balaban J connectivity index is 1.55. The summed E-state index contributed by atoms with van der Waals surface area (Å²) in [6, 6.07) is 4.84. The molecule has 25 heavy (non-hydrogen) atoms. The van der Waals surface area contributed by atoms with Gasteiger partial charge in [0.2, 0.25) is 5.91 Å². The van der Waals surface area contributed by atoms with Crippen LogP contribution in [-0.4, -0.2) is 33.5 Å². The molecule has 0 aliphatic carbocycles. The molecule has 1 aromatic heterocycles. The smallest absolute Gasteiger partial charge is 0.229 e. The van der Waals surface area contributed by atoms with Crippen LogP contribution in [0.3, 0.4) is 0 Å². The molecule has 0 radical (unpaired) electrons. The van der Waals surface area contributed by atoms with E-state index in [-0.39, 0.29) is 23.7 Å². The SMILES string of the molecule is Cn1ccnc1[C@@H]1OCCC[C@H]1C(=O)N1CCc2cc(F)ccc2C1. The normalized spacial score (nSPS) is 23.4. The van der Waals surface area contributed by atoms with Gasteiger partial charge in [-0.1, -0.05) is 6.07 Å². The number of rotatable bonds is 2. The molecule has 0 unspecified atom stereocenters. The number of ether oxygens (including phenoxy) is 1. The molecular formula is C19H22FN3O2. The van der Waals surface area contributed by atoms with E-state index < -0.39 is 0 Å². The molecule has 6 heteroatoms. The summed E-state index contributed by atoms with van der Waals surface area (Å²) in [6.07, 6.45) is 5.70. The lowest BCUT2D eigenvalue weighted by Crippen LogP contribution is -2.43. The Hall–Kier alpha value is -2.21. The number of halogens is 1. The first-order valence-electron chi connectivity index (χ1n) is 8.78. The van der Waals surface area contributed by atoms with Crippen LogP contribution >= 0.6 is 0 Å². The minimum atomic E-state index is -0.295. The van der Waals surface area contributed by atoms with E-state index in [4.69, 9.17) is 4.74 Å². The van der Waals surface area contributed by atoms with Crippen molar-refractivity contribution in [2.45, 2.75) is 31.9 Å². The molecule has 0 saturated carbocycles. The number of amides is 1. The fraction of sp³-hybridized carbons (Fsp3) is 0.474. The van der Waals surface area contributed by atoms with Crippen LogP contribution in [-0.2, 0) is 29.5 Å². The molecule has 2 aliphatic rings. The van der Waals surface area contributed by atoms with Gasteiger partial charge < -0.3 is 14.2 Å². The third-order valence-corrected chi connectivity index (χ3v) is 5.24. The molecule has 3 heterocycles. The zero-order valence-corrected chi connectivity index (χ0v) is 14.3. The number of hydrogen-bond donors (Lipinski definition) is 0. The number of fused-ring (bicyclic) bond motifs is 1. The van der Waals surface area contributed by atoms with E-state index in [0.29, 0.717) is 26.1 Å². The van der Waals surface area contributed by atoms with Gasteiger partial charge >= 0.3 is 0 Å². The second-order valence-corrected chi connectivity index (χ2v) is 6.86. The van der Waals surface area contributed by atoms with Crippen LogP contribution in [0.5, 0.6) is 0 Å². The van der Waals surface area contributed by atoms with Gasteiger partial charge in [-0.25, -0.2) is 9.37 Å². The molecule has 0 spiro atoms. The first-order valence-corrected chi connectivity index (χ1v) is 8.78. The molecule has 1 saturated heterocycles. The molecule has 4 rings (SSSR count). The van der Waals surface area contributed by atoms with Gasteiger partial charge in [0.1, 0.15) is 17.7 Å². The molecule has 2 aliphatic heterocycles. The first-order chi connectivity index (χ1) is 12.1. The van der Waals surface area contributed by atoms with Crippen molar-refractivity contribution in [2.24, 2.45) is 13.0 Å². The Kier molecular flexibility index (Phi) is 4.29. The molecule has 132 valence electrons. The lowest BCUT2D eigenvalue weighted by Gasteiger charge is -2.36. The van der Waals surface area contributed by atoms with Crippen molar-refractivity contribution >= 4 is 5.91 Å². The number of aryl methyl sites for hydroxylation is 1. The maximum absolute atomic E-state index is 13.4. The summed E-state index contributed by atoms with van der Waals surface area (Å²) in [7, 11) is 1.92. The monoisotopic (exact) mass is 343 g/mol. The van der Waals surface area contributed by atoms with Crippen LogP contribution < -0.4 is 0 Å². The van der Waals surface area contributed by atoms with Gasteiger partial charge in [-0.3, -0.25) is 4.79 Å². The molecule has 0 bridgehead atoms. The quantitative estimate of drug-likeness (QED) is 0.842. The van der Waals surface area contributed by atoms with E-state index in [9.17, 15) is 9.18 Å². The number of hydrogen-bond acceptors (Lipinski definition) is 3. The topological polar surface area (TPSA) is 47.4 Å². The summed E-state index contributed by atoms with van der Waals surface area (Å²) in [6.45, 7) is 1.82. The minimum Gasteiger partial charge on any atom is -0.369 e. The van der Waals surface area contributed by atoms with Gasteiger partial charge in [-0.15, -0.1) is 0 Å². The second kappa shape index (κ2) is 6.59. The Morgan fingerprint density at radius 1 is 1.36 bits per heavy atom. The third kappa shape index (κ3) is 3.06. The maximum atomic E-state index is 13.4. The van der Waals surface area contributed by atoms with E-state index in [1.54, 1.807) is 18.3 Å². The van der Waals surface area contributed by atoms with Crippen molar-refractivity contribution in [3.05, 3.63) is 53.4 Å². The van der Waals surface area contributed by atoms with Crippen molar-refractivity contribution in [1.82, 2.24) is 14.5 Å². The fourth-order valence-electron chi connectivity index (χ4n) is 3.88. The number of aromatic nitrogens is 2. The number of imidazole rings is 1. The highest BCUT2D eigenvalue weighted by atomic mass is 19.1. The lowest BCUT2D eigenvalue weighted by atomic mass is 9.90. The summed E-state index contributed by atoms with van der Waals surface area (Å²) < 4.78 is 21.2. The molecule has 1 aromatic carbocycles. The third-order valence-electron chi connectivity index (χ3n) is 5.24. The fourth-order valence-corrected chi connectivity index (χ4v) is 3.88. The van der Waals surface area contributed by atoms with Crippen LogP contribution in [0, 0.1) is 11.7 Å². The molecule has 5 nitrogen and oxygen atoms in total. The van der Waals surface area contributed by atoms with Gasteiger partial charge in [0.05, 0.1) is 5.92 Å². The standard InChI is InChI=1S/C19H22FN3O2/c1-22-9-7-21-18(22)17-16(3-2-10-25-17)19(24)23-8-6-13-11-15(20)5-4-14(13)12-23/h4-5,7,9,11,16-17H,2-3,6,8,10,12H2,1H3/t16-,17-/m1/s1. The lowest BCUT2D eigenvalue weighted by molar-refractivity contribution is -0.147. The summed E-state index contributed by atoms with van der Waals surface area (Å²) in [5.41, 5.74) is 2.04. The second-order valence-electron chi connectivity index (χ2n) is 6.86. The zero-order chi connectivity index (χ0) is 17.4. The zero-order valence-electron chi connectivity index (χ0n) is 14.3. The summed E-state index contributed by atoms with van der Waals surface area (Å²) >= 11 is 0. The van der Waals surface area contributed by atoms with Crippen molar-refractivity contribution in [1.29, 1.82) is 0 Å². The van der Waals surface area contributed by atoms with E-state index in [1.165, 1.54) is 6.07 Å². The average molecular weight is 343 g/mol. The van der Waals surface area contributed by atoms with Crippen LogP contribution in [0.15, 0.2) is 30.6 Å². The van der Waals surface area contributed by atoms with Crippen molar-refractivity contribution in [2.75, 3.05) is 13.2 Å². The predicted octanol–water partition coefficient (Wildman–Crippen LogP) is 2.61. The Morgan fingerprint density at radius 3 is 3.04 bits per heavy atom.